The first-order valence-electron chi connectivity index (χ1n) is 25.7. The fourth-order valence-electron chi connectivity index (χ4n) is 8.45. The first-order chi connectivity index (χ1) is 30.2. The van der Waals surface area contributed by atoms with Gasteiger partial charge in [0, 0.05) is 13.2 Å². The summed E-state index contributed by atoms with van der Waals surface area (Å²) in [6, 6.07) is 0. The molecule has 2 saturated heterocycles. The van der Waals surface area contributed by atoms with Gasteiger partial charge in [-0.05, 0) is 12.8 Å². The van der Waals surface area contributed by atoms with Crippen LogP contribution in [0.15, 0.2) is 0 Å². The van der Waals surface area contributed by atoms with E-state index >= 15 is 0 Å². The van der Waals surface area contributed by atoms with Crippen molar-refractivity contribution in [3.05, 3.63) is 0 Å². The summed E-state index contributed by atoms with van der Waals surface area (Å²) in [5.74, 6) is 0. The van der Waals surface area contributed by atoms with Crippen molar-refractivity contribution >= 4 is 0 Å². The SMILES string of the molecule is CCCCCCCCCCCCCCCCCOCC(COC1OC(COC2OC(CO)C(O)C(O)C2O)C(O)C(O)C1O)OCCCCCCCCCCCCCCCCC. The van der Waals surface area contributed by atoms with Gasteiger partial charge in [0.25, 0.3) is 0 Å². The smallest absolute Gasteiger partial charge is 0.186 e. The third-order valence-corrected chi connectivity index (χ3v) is 12.7. The third kappa shape index (κ3) is 26.0. The quantitative estimate of drug-likeness (QED) is 0.0294. The zero-order chi connectivity index (χ0) is 45.0. The lowest BCUT2D eigenvalue weighted by atomic mass is 9.98. The minimum absolute atomic E-state index is 0.0163. The Morgan fingerprint density at radius 3 is 1.16 bits per heavy atom. The van der Waals surface area contributed by atoms with Gasteiger partial charge in [0.05, 0.1) is 26.4 Å². The molecule has 62 heavy (non-hydrogen) atoms. The molecule has 0 saturated carbocycles. The molecule has 0 radical (unpaired) electrons. The summed E-state index contributed by atoms with van der Waals surface area (Å²) in [5, 5.41) is 72.1. The van der Waals surface area contributed by atoms with Gasteiger partial charge in [0.2, 0.25) is 0 Å². The molecule has 0 spiro atoms. The number of rotatable bonds is 42. The minimum atomic E-state index is -1.65. The molecular formula is C49H96O13. The fraction of sp³-hybridized carbons (Fsp3) is 1.00. The summed E-state index contributed by atoms with van der Waals surface area (Å²) in [5.41, 5.74) is 0. The summed E-state index contributed by atoms with van der Waals surface area (Å²) in [7, 11) is 0. The maximum absolute atomic E-state index is 10.8. The maximum atomic E-state index is 10.8. The Morgan fingerprint density at radius 1 is 0.387 bits per heavy atom. The van der Waals surface area contributed by atoms with Crippen LogP contribution in [0.5, 0.6) is 0 Å². The molecule has 0 amide bonds. The summed E-state index contributed by atoms with van der Waals surface area (Å²) in [6.45, 7) is 4.96. The van der Waals surface area contributed by atoms with Crippen LogP contribution in [-0.2, 0) is 28.4 Å². The molecule has 0 bridgehead atoms. The van der Waals surface area contributed by atoms with E-state index in [1.807, 2.05) is 0 Å². The molecule has 0 aromatic heterocycles. The molecule has 2 rings (SSSR count). The van der Waals surface area contributed by atoms with Gasteiger partial charge in [-0.1, -0.05) is 194 Å². The van der Waals surface area contributed by atoms with Gasteiger partial charge in [0.15, 0.2) is 12.6 Å². The molecule has 2 heterocycles. The summed E-state index contributed by atoms with van der Waals surface area (Å²) in [4.78, 5) is 0. The average Bonchev–Trinajstić information content (AvgIpc) is 3.27. The third-order valence-electron chi connectivity index (χ3n) is 12.7. The lowest BCUT2D eigenvalue weighted by Crippen LogP contribution is -2.61. The minimum Gasteiger partial charge on any atom is -0.394 e. The first-order valence-corrected chi connectivity index (χ1v) is 25.7. The predicted octanol–water partition coefficient (Wildman–Crippen LogP) is 7.77. The number of aliphatic hydroxyl groups is 7. The second-order valence-corrected chi connectivity index (χ2v) is 18.3. The molecular weight excluding hydrogens is 797 g/mol. The molecule has 2 fully saturated rings. The lowest BCUT2D eigenvalue weighted by molar-refractivity contribution is -0.333. The largest absolute Gasteiger partial charge is 0.394 e. The Balaban J connectivity index is 1.72. The Labute approximate surface area is 376 Å². The van der Waals surface area contributed by atoms with Crippen molar-refractivity contribution in [3.8, 4) is 0 Å². The molecule has 13 heteroatoms. The number of hydrogen-bond acceptors (Lipinski definition) is 13. The Bertz CT molecular complexity index is 978. The standard InChI is InChI=1S/C49H96O13/c1-3-5-7-9-11-13-15-17-19-21-23-25-27-29-31-33-57-36-39(58-34-32-30-28-26-24-22-20-18-16-14-12-10-8-6-4-2)37-59-48-47(56)45(54)43(52)41(62-48)38-60-49-46(55)44(53)42(51)40(35-50)61-49/h39-56H,3-38H2,1-2H3. The zero-order valence-corrected chi connectivity index (χ0v) is 39.4. The fourth-order valence-corrected chi connectivity index (χ4v) is 8.45. The highest BCUT2D eigenvalue weighted by Crippen LogP contribution is 2.26. The second-order valence-electron chi connectivity index (χ2n) is 18.3. The van der Waals surface area contributed by atoms with Crippen molar-refractivity contribution in [2.24, 2.45) is 0 Å². The molecule has 2 aliphatic rings. The highest BCUT2D eigenvalue weighted by Gasteiger charge is 2.47. The number of aliphatic hydroxyl groups excluding tert-OH is 7. The van der Waals surface area contributed by atoms with Crippen LogP contribution in [0.2, 0.25) is 0 Å². The van der Waals surface area contributed by atoms with E-state index in [-0.39, 0.29) is 6.61 Å². The van der Waals surface area contributed by atoms with Crippen LogP contribution in [0.4, 0.5) is 0 Å². The van der Waals surface area contributed by atoms with E-state index in [0.717, 1.165) is 25.7 Å². The van der Waals surface area contributed by atoms with E-state index in [2.05, 4.69) is 13.8 Å². The van der Waals surface area contributed by atoms with Crippen LogP contribution in [0.25, 0.3) is 0 Å². The lowest BCUT2D eigenvalue weighted by Gasteiger charge is -2.42. The van der Waals surface area contributed by atoms with Crippen molar-refractivity contribution in [2.45, 2.75) is 274 Å². The molecule has 11 unspecified atom stereocenters. The summed E-state index contributed by atoms with van der Waals surface area (Å²) >= 11 is 0. The van der Waals surface area contributed by atoms with Gasteiger partial charge in [-0.3, -0.25) is 0 Å². The topological polar surface area (TPSA) is 197 Å². The molecule has 0 aliphatic carbocycles. The number of unbranched alkanes of at least 4 members (excludes halogenated alkanes) is 28. The van der Waals surface area contributed by atoms with E-state index in [1.165, 1.54) is 167 Å². The molecule has 2 aliphatic heterocycles. The van der Waals surface area contributed by atoms with Gasteiger partial charge in [-0.2, -0.15) is 0 Å². The van der Waals surface area contributed by atoms with Crippen molar-refractivity contribution in [3.63, 3.8) is 0 Å². The predicted molar refractivity (Wildman–Crippen MR) is 243 cm³/mol. The monoisotopic (exact) mass is 893 g/mol. The van der Waals surface area contributed by atoms with E-state index in [9.17, 15) is 35.7 Å². The Hall–Kier alpha value is -0.520. The van der Waals surface area contributed by atoms with Gasteiger partial charge >= 0.3 is 0 Å². The Kier molecular flexibility index (Phi) is 35.8. The number of ether oxygens (including phenoxy) is 6. The average molecular weight is 893 g/mol. The highest BCUT2D eigenvalue weighted by molar-refractivity contribution is 4.91. The van der Waals surface area contributed by atoms with Gasteiger partial charge in [-0.25, -0.2) is 0 Å². The van der Waals surface area contributed by atoms with Crippen LogP contribution < -0.4 is 0 Å². The normalized spacial score (nSPS) is 27.2. The Morgan fingerprint density at radius 2 is 0.742 bits per heavy atom. The van der Waals surface area contributed by atoms with Crippen LogP contribution in [-0.4, -0.2) is 143 Å². The second kappa shape index (κ2) is 38.6. The van der Waals surface area contributed by atoms with Crippen molar-refractivity contribution < 1.29 is 64.2 Å². The molecule has 370 valence electrons. The van der Waals surface area contributed by atoms with E-state index in [4.69, 9.17) is 28.4 Å². The van der Waals surface area contributed by atoms with E-state index in [0.29, 0.717) is 19.8 Å². The maximum Gasteiger partial charge on any atom is 0.186 e. The van der Waals surface area contributed by atoms with Crippen LogP contribution in [0.3, 0.4) is 0 Å². The summed E-state index contributed by atoms with van der Waals surface area (Å²) < 4.78 is 35.0. The van der Waals surface area contributed by atoms with E-state index in [1.54, 1.807) is 0 Å². The molecule has 0 aromatic rings. The van der Waals surface area contributed by atoms with Gasteiger partial charge < -0.3 is 64.2 Å². The molecule has 0 aromatic carbocycles. The van der Waals surface area contributed by atoms with Crippen LogP contribution >= 0.6 is 0 Å². The molecule has 13 nitrogen and oxygen atoms in total. The molecule has 7 N–H and O–H groups in total. The number of hydrogen-bond donors (Lipinski definition) is 7. The zero-order valence-electron chi connectivity index (χ0n) is 39.4. The highest BCUT2D eigenvalue weighted by atomic mass is 16.7. The van der Waals surface area contributed by atoms with E-state index < -0.39 is 80.7 Å². The van der Waals surface area contributed by atoms with Crippen LogP contribution in [0, 0.1) is 0 Å². The van der Waals surface area contributed by atoms with Crippen molar-refractivity contribution in [1.29, 1.82) is 0 Å². The van der Waals surface area contributed by atoms with Crippen molar-refractivity contribution in [2.75, 3.05) is 39.6 Å². The molecule has 11 atom stereocenters. The van der Waals surface area contributed by atoms with Gasteiger partial charge in [0.1, 0.15) is 54.9 Å². The van der Waals surface area contributed by atoms with Crippen molar-refractivity contribution in [1.82, 2.24) is 0 Å². The first kappa shape index (κ1) is 57.6. The summed E-state index contributed by atoms with van der Waals surface area (Å²) in [6.07, 6.45) is 23.6. The van der Waals surface area contributed by atoms with Gasteiger partial charge in [-0.15, -0.1) is 0 Å². The van der Waals surface area contributed by atoms with Crippen LogP contribution in [0.1, 0.15) is 206 Å².